The van der Waals surface area contributed by atoms with Crippen molar-refractivity contribution in [3.05, 3.63) is 118 Å². The summed E-state index contributed by atoms with van der Waals surface area (Å²) in [5, 5.41) is 15.6. The first-order valence-electron chi connectivity index (χ1n) is 19.3. The summed E-state index contributed by atoms with van der Waals surface area (Å²) >= 11 is 13.3. The summed E-state index contributed by atoms with van der Waals surface area (Å²) in [6, 6.07) is 25.3. The van der Waals surface area contributed by atoms with Gasteiger partial charge in [0.2, 0.25) is 31.9 Å². The Bertz CT molecular complexity index is 2580. The van der Waals surface area contributed by atoms with E-state index in [0.29, 0.717) is 65.3 Å². The minimum Gasteiger partial charge on any atom is -0.489 e. The van der Waals surface area contributed by atoms with Crippen LogP contribution in [0, 0.1) is 0 Å². The zero-order valence-corrected chi connectivity index (χ0v) is 38.5. The van der Waals surface area contributed by atoms with Crippen LogP contribution >= 0.6 is 48.0 Å². The molecule has 6 N–H and O–H groups in total. The summed E-state index contributed by atoms with van der Waals surface area (Å²) < 4.78 is 58.8. The molecule has 0 spiro atoms. The lowest BCUT2D eigenvalue weighted by atomic mass is 10.2. The number of carbonyl (C=O) groups is 4. The monoisotopic (exact) mass is 980 g/mol. The van der Waals surface area contributed by atoms with Gasteiger partial charge < -0.3 is 20.1 Å². The Morgan fingerprint density at radius 2 is 0.953 bits per heavy atom. The summed E-state index contributed by atoms with van der Waals surface area (Å²) in [4.78, 5) is 55.3. The van der Waals surface area contributed by atoms with E-state index in [1.54, 1.807) is 36.4 Å². The number of nitrogens with two attached hydrogens (primary N) is 2. The third kappa shape index (κ3) is 13.1. The van der Waals surface area contributed by atoms with E-state index in [2.05, 4.69) is 10.6 Å². The van der Waals surface area contributed by atoms with Crippen LogP contribution in [0.2, 0.25) is 0 Å². The number of ether oxygens (including phenoxy) is 2. The molecule has 0 radical (unpaired) electrons. The largest absolute Gasteiger partial charge is 0.489 e. The van der Waals surface area contributed by atoms with Gasteiger partial charge in [0.15, 0.2) is 0 Å². The molecule has 2 fully saturated rings. The van der Waals surface area contributed by atoms with Crippen molar-refractivity contribution >= 4 is 124 Å². The summed E-state index contributed by atoms with van der Waals surface area (Å²) in [6.07, 6.45) is 4.25. The highest BCUT2D eigenvalue weighted by Gasteiger charge is 2.33. The Hall–Kier alpha value is -5.46. The van der Waals surface area contributed by atoms with E-state index >= 15 is 0 Å². The van der Waals surface area contributed by atoms with Gasteiger partial charge in [0.25, 0.3) is 11.8 Å². The maximum absolute atomic E-state index is 13.4. The summed E-state index contributed by atoms with van der Waals surface area (Å²) in [6.45, 7) is 0.738. The minimum absolute atomic E-state index is 0.0715. The van der Waals surface area contributed by atoms with E-state index < -0.39 is 20.0 Å². The predicted molar refractivity (Wildman–Crippen MR) is 255 cm³/mol. The van der Waals surface area contributed by atoms with Gasteiger partial charge >= 0.3 is 0 Å². The maximum atomic E-state index is 13.4. The SMILES string of the molecule is NS(=O)(=O)c1ccc(NC(=O)CCCN2C(=O)/C(=C/c3ccccc3OCCOc3ccccc3/C=C3\SC(=S)N(CCCC(=O)Nc4ccc(S(N)(=O)=O)cc4)C3=O)SC2=S)cc1. The third-order valence-electron chi connectivity index (χ3n) is 9.26. The number of nitrogens with zero attached hydrogens (tertiary/aromatic N) is 2. The van der Waals surface area contributed by atoms with Crippen LogP contribution in [-0.4, -0.2) is 85.2 Å². The lowest BCUT2D eigenvalue weighted by Gasteiger charge is -2.14. The predicted octanol–water partition coefficient (Wildman–Crippen LogP) is 5.68. The molecular formula is C42H40N6O10S6. The first kappa shape index (κ1) is 48.0. The van der Waals surface area contributed by atoms with E-state index in [1.165, 1.54) is 58.3 Å². The summed E-state index contributed by atoms with van der Waals surface area (Å²) in [5.41, 5.74) is 2.11. The van der Waals surface area contributed by atoms with Gasteiger partial charge in [-0.05, 0) is 85.7 Å². The number of thioether (sulfide) groups is 2. The number of sulfonamides is 2. The number of nitrogens with one attached hydrogen (secondary N) is 2. The van der Waals surface area contributed by atoms with Crippen molar-refractivity contribution in [3.8, 4) is 11.5 Å². The molecule has 64 heavy (non-hydrogen) atoms. The second kappa shape index (κ2) is 21.5. The first-order chi connectivity index (χ1) is 30.5. The Morgan fingerprint density at radius 3 is 1.31 bits per heavy atom. The molecule has 0 saturated carbocycles. The quantitative estimate of drug-likeness (QED) is 0.0503. The normalized spacial score (nSPS) is 15.6. The molecule has 0 unspecified atom stereocenters. The molecule has 22 heteroatoms. The zero-order valence-electron chi connectivity index (χ0n) is 33.6. The highest BCUT2D eigenvalue weighted by atomic mass is 32.2. The molecule has 4 amide bonds. The van der Waals surface area contributed by atoms with E-state index in [9.17, 15) is 36.0 Å². The van der Waals surface area contributed by atoms with Gasteiger partial charge in [-0.3, -0.25) is 29.0 Å². The average molecular weight is 981 g/mol. The van der Waals surface area contributed by atoms with Crippen LogP contribution in [0.25, 0.3) is 12.2 Å². The Kier molecular flexibility index (Phi) is 16.1. The van der Waals surface area contributed by atoms with Gasteiger partial charge in [0, 0.05) is 48.4 Å². The molecule has 6 rings (SSSR count). The topological polar surface area (TPSA) is 238 Å². The zero-order chi connectivity index (χ0) is 46.0. The Labute approximate surface area is 388 Å². The Balaban J connectivity index is 0.964. The number of rotatable bonds is 19. The van der Waals surface area contributed by atoms with Crippen LogP contribution in [0.1, 0.15) is 36.8 Å². The van der Waals surface area contributed by atoms with Crippen molar-refractivity contribution in [2.24, 2.45) is 10.3 Å². The smallest absolute Gasteiger partial charge is 0.266 e. The molecule has 0 aromatic heterocycles. The molecule has 2 aliphatic rings. The molecule has 4 aromatic rings. The van der Waals surface area contributed by atoms with Crippen LogP contribution in [-0.2, 0) is 39.2 Å². The molecule has 0 bridgehead atoms. The molecule has 0 aliphatic carbocycles. The van der Waals surface area contributed by atoms with Crippen LogP contribution < -0.4 is 30.4 Å². The van der Waals surface area contributed by atoms with Crippen molar-refractivity contribution in [1.29, 1.82) is 0 Å². The number of hydrogen-bond acceptors (Lipinski definition) is 14. The molecule has 2 heterocycles. The van der Waals surface area contributed by atoms with Crippen LogP contribution in [0.4, 0.5) is 11.4 Å². The van der Waals surface area contributed by atoms with Crippen molar-refractivity contribution in [3.63, 3.8) is 0 Å². The molecule has 16 nitrogen and oxygen atoms in total. The fourth-order valence-corrected chi connectivity index (χ4v) is 9.76. The number of primary sulfonamides is 2. The van der Waals surface area contributed by atoms with E-state index in [4.69, 9.17) is 44.2 Å². The molecule has 0 atom stereocenters. The van der Waals surface area contributed by atoms with Gasteiger partial charge in [0.05, 0.1) is 19.6 Å². The van der Waals surface area contributed by atoms with Gasteiger partial charge in [-0.1, -0.05) is 84.4 Å². The number of benzene rings is 4. The lowest BCUT2D eigenvalue weighted by molar-refractivity contribution is -0.123. The van der Waals surface area contributed by atoms with Crippen LogP contribution in [0.3, 0.4) is 0 Å². The van der Waals surface area contributed by atoms with E-state index in [-0.39, 0.29) is 72.6 Å². The Morgan fingerprint density at radius 1 is 0.594 bits per heavy atom. The fourth-order valence-electron chi connectivity index (χ4n) is 6.13. The van der Waals surface area contributed by atoms with Gasteiger partial charge in [-0.2, -0.15) is 0 Å². The van der Waals surface area contributed by atoms with Crippen molar-refractivity contribution < 1.29 is 45.5 Å². The number of carbonyl (C=O) groups excluding carboxylic acids is 4. The molecule has 4 aromatic carbocycles. The van der Waals surface area contributed by atoms with Crippen molar-refractivity contribution in [2.45, 2.75) is 35.5 Å². The van der Waals surface area contributed by atoms with Crippen LogP contribution in [0.5, 0.6) is 11.5 Å². The lowest BCUT2D eigenvalue weighted by Crippen LogP contribution is -2.29. The van der Waals surface area contributed by atoms with Crippen molar-refractivity contribution in [1.82, 2.24) is 9.80 Å². The fraction of sp³-hybridized carbons (Fsp3) is 0.190. The highest BCUT2D eigenvalue weighted by molar-refractivity contribution is 8.27. The number of para-hydroxylation sites is 2. The van der Waals surface area contributed by atoms with E-state index in [1.807, 2.05) is 24.3 Å². The van der Waals surface area contributed by atoms with E-state index in [0.717, 1.165) is 23.5 Å². The number of amides is 4. The van der Waals surface area contributed by atoms with Crippen molar-refractivity contribution in [2.75, 3.05) is 36.9 Å². The van der Waals surface area contributed by atoms with Gasteiger partial charge in [-0.25, -0.2) is 27.1 Å². The second-order valence-corrected chi connectivity index (χ2v) is 20.4. The molecule has 2 aliphatic heterocycles. The number of hydrogen-bond donors (Lipinski definition) is 4. The number of thiocarbonyl (C=S) groups is 2. The standard InChI is InChI=1S/C42H40N6O10S6/c43-63(53,54)31-17-13-29(14-18-31)45-37(49)11-5-21-47-39(51)35(61-41(47)59)25-27-7-1-3-9-33(27)57-23-24-58-34-10-4-2-8-28(34)26-36-40(52)48(42(60)62-36)22-6-12-38(50)46-30-15-19-32(20-16-30)64(44,55)56/h1-4,7-10,13-20,25-26H,5-6,11-12,21-24H2,(H,45,49)(H,46,50)(H2,43,53,54)(H2,44,55,56)/b35-25-,36-26-. The summed E-state index contributed by atoms with van der Waals surface area (Å²) in [5.74, 6) is -0.190. The maximum Gasteiger partial charge on any atom is 0.266 e. The third-order valence-corrected chi connectivity index (χ3v) is 13.9. The van der Waals surface area contributed by atoms with Gasteiger partial charge in [0.1, 0.15) is 33.4 Å². The summed E-state index contributed by atoms with van der Waals surface area (Å²) in [7, 11) is -7.71. The molecular weight excluding hydrogens is 941 g/mol. The molecule has 2 saturated heterocycles. The molecule has 334 valence electrons. The van der Waals surface area contributed by atoms with Crippen LogP contribution in [0.15, 0.2) is 117 Å². The number of anilines is 2. The minimum atomic E-state index is -3.85. The van der Waals surface area contributed by atoms with Gasteiger partial charge in [-0.15, -0.1) is 0 Å². The average Bonchev–Trinajstić information content (AvgIpc) is 3.66. The highest BCUT2D eigenvalue weighted by Crippen LogP contribution is 2.36. The first-order valence-corrected chi connectivity index (χ1v) is 24.8. The second-order valence-electron chi connectivity index (χ2n) is 13.9.